The first kappa shape index (κ1) is 22.2. The first-order chi connectivity index (χ1) is 14.8. The molecular formula is C27H31O2S+. The summed E-state index contributed by atoms with van der Waals surface area (Å²) in [4.78, 5) is 16.2. The van der Waals surface area contributed by atoms with Crippen molar-refractivity contribution in [2.45, 2.75) is 60.1 Å². The summed E-state index contributed by atoms with van der Waals surface area (Å²) < 4.78 is 5.54. The zero-order valence-corrected chi connectivity index (χ0v) is 18.6. The number of hydrogen-bond acceptors (Lipinski definition) is 2. The van der Waals surface area contributed by atoms with Crippen molar-refractivity contribution in [1.82, 2.24) is 0 Å². The molecule has 156 valence electrons. The van der Waals surface area contributed by atoms with E-state index in [1.165, 1.54) is 35.5 Å². The zero-order chi connectivity index (χ0) is 21.0. The highest BCUT2D eigenvalue weighted by Crippen LogP contribution is 2.31. The van der Waals surface area contributed by atoms with Crippen LogP contribution >= 0.6 is 0 Å². The fraction of sp³-hybridized carbons (Fsp3) is 0.296. The van der Waals surface area contributed by atoms with Crippen molar-refractivity contribution >= 4 is 16.9 Å². The Morgan fingerprint density at radius 2 is 1.27 bits per heavy atom. The quantitative estimate of drug-likeness (QED) is 0.185. The minimum Gasteiger partial charge on any atom is -0.462 e. The fourth-order valence-electron chi connectivity index (χ4n) is 3.40. The lowest BCUT2D eigenvalue weighted by atomic mass is 10.1. The van der Waals surface area contributed by atoms with Gasteiger partial charge in [0.1, 0.15) is 0 Å². The topological polar surface area (TPSA) is 26.3 Å². The molecule has 0 amide bonds. The molecule has 0 saturated heterocycles. The van der Waals surface area contributed by atoms with Gasteiger partial charge in [0.25, 0.3) is 0 Å². The van der Waals surface area contributed by atoms with Crippen LogP contribution in [0.2, 0.25) is 0 Å². The summed E-state index contributed by atoms with van der Waals surface area (Å²) in [6, 6.07) is 28.9. The normalized spacial score (nSPS) is 10.9. The summed E-state index contributed by atoms with van der Waals surface area (Å²) in [6.45, 7) is 2.72. The molecule has 0 bridgehead atoms. The van der Waals surface area contributed by atoms with Gasteiger partial charge in [-0.15, -0.1) is 0 Å². The van der Waals surface area contributed by atoms with Crippen LogP contribution in [-0.2, 0) is 15.6 Å². The van der Waals surface area contributed by atoms with Gasteiger partial charge in [0, 0.05) is 6.07 Å². The second kappa shape index (κ2) is 12.2. The molecule has 3 aromatic carbocycles. The summed E-state index contributed by atoms with van der Waals surface area (Å²) in [5.74, 6) is -0.227. The van der Waals surface area contributed by atoms with Crippen LogP contribution in [0.3, 0.4) is 0 Å². The van der Waals surface area contributed by atoms with Crippen molar-refractivity contribution < 1.29 is 9.53 Å². The number of ether oxygens (including phenoxy) is 1. The largest absolute Gasteiger partial charge is 0.462 e. The number of carbonyl (C=O) groups excluding carboxylic acids is 1. The third-order valence-electron chi connectivity index (χ3n) is 4.99. The molecule has 0 aliphatic rings. The van der Waals surface area contributed by atoms with Gasteiger partial charge in [-0.25, -0.2) is 4.79 Å². The monoisotopic (exact) mass is 419 g/mol. The molecule has 2 nitrogen and oxygen atoms in total. The Morgan fingerprint density at radius 1 is 0.700 bits per heavy atom. The summed E-state index contributed by atoms with van der Waals surface area (Å²) in [6.07, 6.45) is 7.09. The Bertz CT molecular complexity index is 854. The van der Waals surface area contributed by atoms with E-state index in [1.807, 2.05) is 30.3 Å². The number of benzene rings is 3. The van der Waals surface area contributed by atoms with Crippen molar-refractivity contribution in [3.8, 4) is 0 Å². The average Bonchev–Trinajstić information content (AvgIpc) is 2.80. The van der Waals surface area contributed by atoms with Gasteiger partial charge in [-0.2, -0.15) is 0 Å². The Hall–Kier alpha value is -2.52. The minimum atomic E-state index is -0.261. The average molecular weight is 420 g/mol. The van der Waals surface area contributed by atoms with Crippen LogP contribution < -0.4 is 0 Å². The van der Waals surface area contributed by atoms with Gasteiger partial charge >= 0.3 is 5.97 Å². The predicted octanol–water partition coefficient (Wildman–Crippen LogP) is 7.30. The fourth-order valence-corrected chi connectivity index (χ4v) is 5.54. The molecule has 0 atom stereocenters. The van der Waals surface area contributed by atoms with Crippen LogP contribution in [-0.4, -0.2) is 12.6 Å². The van der Waals surface area contributed by atoms with Crippen LogP contribution in [0.5, 0.6) is 0 Å². The van der Waals surface area contributed by atoms with E-state index in [-0.39, 0.29) is 16.9 Å². The van der Waals surface area contributed by atoms with Crippen LogP contribution in [0.4, 0.5) is 0 Å². The van der Waals surface area contributed by atoms with Crippen molar-refractivity contribution in [3.05, 3.63) is 90.5 Å². The predicted molar refractivity (Wildman–Crippen MR) is 125 cm³/mol. The number of rotatable bonds is 11. The second-order valence-corrected chi connectivity index (χ2v) is 9.39. The molecule has 0 saturated carbocycles. The molecule has 0 aliphatic heterocycles. The standard InChI is InChI=1S/C27H31O2S/c1-2-3-4-5-6-13-21-29-27(28)23-15-14-20-26(22-23)30(24-16-9-7-10-17-24)25-18-11-8-12-19-25/h7-12,14-20,22H,2-6,13,21H2,1H3/q+1. The van der Waals surface area contributed by atoms with E-state index in [2.05, 4.69) is 61.5 Å². The van der Waals surface area contributed by atoms with Crippen molar-refractivity contribution in [1.29, 1.82) is 0 Å². The lowest BCUT2D eigenvalue weighted by molar-refractivity contribution is 0.0497. The van der Waals surface area contributed by atoms with Gasteiger partial charge in [0.2, 0.25) is 0 Å². The van der Waals surface area contributed by atoms with Gasteiger partial charge in [0.05, 0.1) is 23.1 Å². The minimum absolute atomic E-state index is 0.227. The highest BCUT2D eigenvalue weighted by Gasteiger charge is 2.29. The lowest BCUT2D eigenvalue weighted by Crippen LogP contribution is -2.09. The molecular weight excluding hydrogens is 388 g/mol. The molecule has 0 aliphatic carbocycles. The molecule has 0 aromatic heterocycles. The number of carbonyl (C=O) groups is 1. The molecule has 30 heavy (non-hydrogen) atoms. The molecule has 0 spiro atoms. The summed E-state index contributed by atoms with van der Waals surface area (Å²) >= 11 is 0. The highest BCUT2D eigenvalue weighted by atomic mass is 32.2. The Labute approximate surface area is 183 Å². The maximum absolute atomic E-state index is 12.6. The van der Waals surface area contributed by atoms with E-state index < -0.39 is 0 Å². The maximum Gasteiger partial charge on any atom is 0.338 e. The summed E-state index contributed by atoms with van der Waals surface area (Å²) in [5, 5.41) is 0. The molecule has 0 radical (unpaired) electrons. The van der Waals surface area contributed by atoms with Gasteiger partial charge in [-0.05, 0) is 42.8 Å². The van der Waals surface area contributed by atoms with Gasteiger partial charge in [-0.3, -0.25) is 0 Å². The smallest absolute Gasteiger partial charge is 0.338 e. The third-order valence-corrected chi connectivity index (χ3v) is 7.21. The van der Waals surface area contributed by atoms with Gasteiger partial charge < -0.3 is 4.74 Å². The van der Waals surface area contributed by atoms with Gasteiger partial charge in [0.15, 0.2) is 14.7 Å². The molecule has 3 aromatic rings. The number of hydrogen-bond donors (Lipinski definition) is 0. The SMILES string of the molecule is CCCCCCCCOC(=O)c1cccc([S+](c2ccccc2)c2ccccc2)c1. The lowest BCUT2D eigenvalue weighted by Gasteiger charge is -2.09. The first-order valence-corrected chi connectivity index (χ1v) is 12.1. The molecule has 0 N–H and O–H groups in total. The van der Waals surface area contributed by atoms with E-state index in [4.69, 9.17) is 4.74 Å². The van der Waals surface area contributed by atoms with Crippen molar-refractivity contribution in [2.24, 2.45) is 0 Å². The third kappa shape index (κ3) is 6.50. The summed E-state index contributed by atoms with van der Waals surface area (Å²) in [5.41, 5.74) is 0.628. The van der Waals surface area contributed by atoms with Crippen LogP contribution in [0, 0.1) is 0 Å². The Balaban J connectivity index is 1.70. The second-order valence-electron chi connectivity index (χ2n) is 7.36. The number of unbranched alkanes of at least 4 members (excludes halogenated alkanes) is 5. The zero-order valence-electron chi connectivity index (χ0n) is 17.8. The molecule has 0 heterocycles. The Morgan fingerprint density at radius 3 is 1.90 bits per heavy atom. The molecule has 3 rings (SSSR count). The van der Waals surface area contributed by atoms with Crippen molar-refractivity contribution in [3.63, 3.8) is 0 Å². The van der Waals surface area contributed by atoms with E-state index in [0.717, 1.165) is 17.7 Å². The first-order valence-electron chi connectivity index (χ1n) is 10.9. The summed E-state index contributed by atoms with van der Waals surface area (Å²) in [7, 11) is -0.261. The van der Waals surface area contributed by atoms with E-state index in [1.54, 1.807) is 0 Å². The van der Waals surface area contributed by atoms with Crippen LogP contribution in [0.15, 0.2) is 99.6 Å². The van der Waals surface area contributed by atoms with Crippen molar-refractivity contribution in [2.75, 3.05) is 6.61 Å². The van der Waals surface area contributed by atoms with Gasteiger partial charge in [-0.1, -0.05) is 81.5 Å². The van der Waals surface area contributed by atoms with Crippen LogP contribution in [0.25, 0.3) is 0 Å². The van der Waals surface area contributed by atoms with E-state index >= 15 is 0 Å². The van der Waals surface area contributed by atoms with Crippen LogP contribution in [0.1, 0.15) is 55.8 Å². The highest BCUT2D eigenvalue weighted by molar-refractivity contribution is 7.97. The van der Waals surface area contributed by atoms with E-state index in [0.29, 0.717) is 12.2 Å². The molecule has 3 heteroatoms. The molecule has 0 fully saturated rings. The van der Waals surface area contributed by atoms with E-state index in [9.17, 15) is 4.79 Å². The molecule has 0 unspecified atom stereocenters. The maximum atomic E-state index is 12.6. The Kier molecular flexibility index (Phi) is 9.04. The number of esters is 1.